The molecule has 0 bridgehead atoms. The number of nitrogens with one attached hydrogen (secondary N) is 3. The molecule has 2 amide bonds. The first-order valence-electron chi connectivity index (χ1n) is 6.42. The van der Waals surface area contributed by atoms with E-state index >= 15 is 0 Å². The van der Waals surface area contributed by atoms with Gasteiger partial charge in [-0.25, -0.2) is 0 Å². The molecule has 0 fully saturated rings. The van der Waals surface area contributed by atoms with Crippen LogP contribution >= 0.6 is 0 Å². The second kappa shape index (κ2) is 7.53. The van der Waals surface area contributed by atoms with Gasteiger partial charge in [-0.05, 0) is 38.1 Å². The molecule has 0 aliphatic rings. The highest BCUT2D eigenvalue weighted by molar-refractivity contribution is 5.96. The fraction of sp³-hybridized carbons (Fsp3) is 0.429. The summed E-state index contributed by atoms with van der Waals surface area (Å²) in [6, 6.07) is 5.46. The third-order valence-electron chi connectivity index (χ3n) is 2.70. The van der Waals surface area contributed by atoms with Crippen molar-refractivity contribution in [1.29, 1.82) is 0 Å². The average Bonchev–Trinajstić information content (AvgIpc) is 2.35. The van der Waals surface area contributed by atoms with E-state index in [1.54, 1.807) is 7.05 Å². The van der Waals surface area contributed by atoms with Crippen LogP contribution in [0.2, 0.25) is 0 Å². The quantitative estimate of drug-likeness (QED) is 0.734. The molecule has 0 aliphatic carbocycles. The summed E-state index contributed by atoms with van der Waals surface area (Å²) in [5, 5.41) is 8.44. The van der Waals surface area contributed by atoms with Gasteiger partial charge in [0.1, 0.15) is 0 Å². The lowest BCUT2D eigenvalue weighted by Gasteiger charge is -2.13. The van der Waals surface area contributed by atoms with Gasteiger partial charge in [-0.2, -0.15) is 0 Å². The predicted molar refractivity (Wildman–Crippen MR) is 77.3 cm³/mol. The van der Waals surface area contributed by atoms with Crippen LogP contribution in [0, 0.1) is 6.92 Å². The van der Waals surface area contributed by atoms with Crippen molar-refractivity contribution in [2.24, 2.45) is 0 Å². The maximum Gasteiger partial charge on any atom is 0.238 e. The topological polar surface area (TPSA) is 70.2 Å². The van der Waals surface area contributed by atoms with Crippen LogP contribution in [0.15, 0.2) is 18.2 Å². The Balaban J connectivity index is 2.80. The number of carbonyl (C=O) groups excluding carboxylic acids is 2. The maximum atomic E-state index is 11.6. The van der Waals surface area contributed by atoms with Crippen molar-refractivity contribution in [1.82, 2.24) is 5.32 Å². The molecule has 0 aliphatic heterocycles. The maximum absolute atomic E-state index is 11.6. The van der Waals surface area contributed by atoms with Gasteiger partial charge >= 0.3 is 0 Å². The normalized spacial score (nSPS) is 10.1. The van der Waals surface area contributed by atoms with Crippen LogP contribution in [-0.2, 0) is 9.59 Å². The number of hydrogen-bond acceptors (Lipinski definition) is 3. The molecule has 1 rings (SSSR count). The first-order valence-corrected chi connectivity index (χ1v) is 6.42. The molecule has 0 heterocycles. The molecule has 0 spiro atoms. The van der Waals surface area contributed by atoms with E-state index in [0.717, 1.165) is 23.4 Å². The lowest BCUT2D eigenvalue weighted by atomic mass is 10.1. The van der Waals surface area contributed by atoms with E-state index in [0.29, 0.717) is 6.42 Å². The summed E-state index contributed by atoms with van der Waals surface area (Å²) < 4.78 is 0. The van der Waals surface area contributed by atoms with E-state index in [1.807, 2.05) is 32.0 Å². The number of likely N-dealkylation sites (N-methyl/N-ethyl adjacent to an activating group) is 1. The van der Waals surface area contributed by atoms with Crippen molar-refractivity contribution >= 4 is 23.2 Å². The van der Waals surface area contributed by atoms with Crippen molar-refractivity contribution in [2.45, 2.75) is 26.7 Å². The van der Waals surface area contributed by atoms with Crippen molar-refractivity contribution < 1.29 is 9.59 Å². The van der Waals surface area contributed by atoms with E-state index in [4.69, 9.17) is 0 Å². The molecule has 0 unspecified atom stereocenters. The molecular weight excluding hydrogens is 242 g/mol. The number of anilines is 2. The third-order valence-corrected chi connectivity index (χ3v) is 2.70. The first kappa shape index (κ1) is 15.2. The summed E-state index contributed by atoms with van der Waals surface area (Å²) >= 11 is 0. The van der Waals surface area contributed by atoms with Crippen molar-refractivity contribution in [3.63, 3.8) is 0 Å². The van der Waals surface area contributed by atoms with E-state index in [9.17, 15) is 9.59 Å². The van der Waals surface area contributed by atoms with Gasteiger partial charge in [0, 0.05) is 17.8 Å². The standard InChI is InChI=1S/C14H21N3O2/c1-4-6-13(18)16-11-7-5-8-12(10(11)2)17-14(19)9-15-3/h5,7-8,15H,4,6,9H2,1-3H3,(H,16,18)(H,17,19). The van der Waals surface area contributed by atoms with Crippen LogP contribution in [0.3, 0.4) is 0 Å². The molecular formula is C14H21N3O2. The molecule has 0 saturated heterocycles. The molecule has 5 nitrogen and oxygen atoms in total. The Morgan fingerprint density at radius 2 is 1.68 bits per heavy atom. The van der Waals surface area contributed by atoms with Crippen LogP contribution < -0.4 is 16.0 Å². The Morgan fingerprint density at radius 3 is 2.21 bits per heavy atom. The molecule has 104 valence electrons. The SMILES string of the molecule is CCCC(=O)Nc1cccc(NC(=O)CNC)c1C. The van der Waals surface area contributed by atoms with Gasteiger partial charge in [0.05, 0.1) is 6.54 Å². The molecule has 19 heavy (non-hydrogen) atoms. The Hall–Kier alpha value is -1.88. The molecule has 1 aromatic rings. The highest BCUT2D eigenvalue weighted by atomic mass is 16.2. The lowest BCUT2D eigenvalue weighted by molar-refractivity contribution is -0.116. The Morgan fingerprint density at radius 1 is 1.11 bits per heavy atom. The van der Waals surface area contributed by atoms with E-state index < -0.39 is 0 Å². The molecule has 0 radical (unpaired) electrons. The second-order valence-electron chi connectivity index (χ2n) is 4.35. The Bertz CT molecular complexity index is 420. The van der Waals surface area contributed by atoms with Gasteiger partial charge in [-0.1, -0.05) is 13.0 Å². The summed E-state index contributed by atoms with van der Waals surface area (Å²) in [6.07, 6.45) is 1.30. The molecule has 1 aromatic carbocycles. The molecule has 5 heteroatoms. The van der Waals surface area contributed by atoms with E-state index in [-0.39, 0.29) is 18.4 Å². The fourth-order valence-corrected chi connectivity index (χ4v) is 1.70. The Kier molecular flexibility index (Phi) is 6.02. The van der Waals surface area contributed by atoms with Crippen molar-refractivity contribution in [3.05, 3.63) is 23.8 Å². The zero-order valence-corrected chi connectivity index (χ0v) is 11.7. The minimum Gasteiger partial charge on any atom is -0.326 e. The third kappa shape index (κ3) is 4.71. The van der Waals surface area contributed by atoms with Crippen LogP contribution in [0.1, 0.15) is 25.3 Å². The van der Waals surface area contributed by atoms with Gasteiger partial charge < -0.3 is 16.0 Å². The minimum atomic E-state index is -0.109. The zero-order chi connectivity index (χ0) is 14.3. The second-order valence-corrected chi connectivity index (χ2v) is 4.35. The van der Waals surface area contributed by atoms with Gasteiger partial charge in [0.15, 0.2) is 0 Å². The first-order chi connectivity index (χ1) is 9.08. The minimum absolute atomic E-state index is 0.00991. The van der Waals surface area contributed by atoms with Gasteiger partial charge in [-0.3, -0.25) is 9.59 Å². The highest BCUT2D eigenvalue weighted by Crippen LogP contribution is 2.23. The number of benzene rings is 1. The van der Waals surface area contributed by atoms with Crippen LogP contribution in [0.25, 0.3) is 0 Å². The Labute approximate surface area is 113 Å². The van der Waals surface area contributed by atoms with E-state index in [2.05, 4.69) is 16.0 Å². The average molecular weight is 263 g/mol. The molecule has 0 aromatic heterocycles. The van der Waals surface area contributed by atoms with E-state index in [1.165, 1.54) is 0 Å². The fourth-order valence-electron chi connectivity index (χ4n) is 1.70. The van der Waals surface area contributed by atoms with Crippen molar-refractivity contribution in [2.75, 3.05) is 24.2 Å². The number of carbonyl (C=O) groups is 2. The smallest absolute Gasteiger partial charge is 0.238 e. The predicted octanol–water partition coefficient (Wildman–Crippen LogP) is 1.89. The largest absolute Gasteiger partial charge is 0.326 e. The summed E-state index contributed by atoms with van der Waals surface area (Å²) in [4.78, 5) is 23.1. The summed E-state index contributed by atoms with van der Waals surface area (Å²) in [7, 11) is 1.72. The van der Waals surface area contributed by atoms with Crippen molar-refractivity contribution in [3.8, 4) is 0 Å². The molecule has 0 atom stereocenters. The summed E-state index contributed by atoms with van der Waals surface area (Å²) in [5.41, 5.74) is 2.31. The molecule has 3 N–H and O–H groups in total. The number of rotatable bonds is 6. The highest BCUT2D eigenvalue weighted by Gasteiger charge is 2.09. The lowest BCUT2D eigenvalue weighted by Crippen LogP contribution is -2.25. The van der Waals surface area contributed by atoms with Gasteiger partial charge in [-0.15, -0.1) is 0 Å². The summed E-state index contributed by atoms with van der Waals surface area (Å²) in [5.74, 6) is -0.119. The zero-order valence-electron chi connectivity index (χ0n) is 11.7. The van der Waals surface area contributed by atoms with Gasteiger partial charge in [0.2, 0.25) is 11.8 Å². The van der Waals surface area contributed by atoms with Gasteiger partial charge in [0.25, 0.3) is 0 Å². The van der Waals surface area contributed by atoms with Crippen LogP contribution in [-0.4, -0.2) is 25.4 Å². The summed E-state index contributed by atoms with van der Waals surface area (Å²) in [6.45, 7) is 4.09. The number of hydrogen-bond donors (Lipinski definition) is 3. The molecule has 0 saturated carbocycles. The van der Waals surface area contributed by atoms with Crippen LogP contribution in [0.4, 0.5) is 11.4 Å². The number of amides is 2. The van der Waals surface area contributed by atoms with Crippen LogP contribution in [0.5, 0.6) is 0 Å². The monoisotopic (exact) mass is 263 g/mol.